The predicted octanol–water partition coefficient (Wildman–Crippen LogP) is 2.85. The summed E-state index contributed by atoms with van der Waals surface area (Å²) in [6, 6.07) is 0. The number of halogens is 4. The zero-order valence-corrected chi connectivity index (χ0v) is 5.68. The van der Waals surface area contributed by atoms with Gasteiger partial charge < -0.3 is 0 Å². The van der Waals surface area contributed by atoms with Gasteiger partial charge in [-0.25, -0.2) is 8.78 Å². The second-order valence-electron chi connectivity index (χ2n) is 1.41. The maximum absolute atomic E-state index is 11.5. The van der Waals surface area contributed by atoms with Gasteiger partial charge in [-0.1, -0.05) is 30.1 Å². The summed E-state index contributed by atoms with van der Waals surface area (Å²) in [6.07, 6.45) is -2.46. The average molecular weight is 162 g/mol. The van der Waals surface area contributed by atoms with Gasteiger partial charge in [-0.05, 0) is 0 Å². The van der Waals surface area contributed by atoms with Crippen LogP contribution in [0.2, 0.25) is 0 Å². The van der Waals surface area contributed by atoms with Crippen LogP contribution < -0.4 is 0 Å². The quantitative estimate of drug-likeness (QED) is 0.585. The van der Waals surface area contributed by atoms with Crippen LogP contribution in [0.4, 0.5) is 8.78 Å². The van der Waals surface area contributed by atoms with Crippen molar-refractivity contribution in [1.82, 2.24) is 0 Å². The zero-order chi connectivity index (χ0) is 6.73. The van der Waals surface area contributed by atoms with E-state index in [9.17, 15) is 8.78 Å². The monoisotopic (exact) mass is 161 g/mol. The first-order valence-corrected chi connectivity index (χ1v) is 2.77. The fourth-order valence-electron chi connectivity index (χ4n) is 0.0952. The molecule has 4 heteroatoms. The summed E-state index contributed by atoms with van der Waals surface area (Å²) in [4.78, 5) is -0.264. The second-order valence-corrected chi connectivity index (χ2v) is 2.42. The molecule has 0 saturated heterocycles. The van der Waals surface area contributed by atoms with Crippen molar-refractivity contribution < 1.29 is 8.78 Å². The van der Waals surface area contributed by atoms with E-state index in [0.29, 0.717) is 0 Å². The predicted molar refractivity (Wildman–Crippen MR) is 30.1 cm³/mol. The van der Waals surface area contributed by atoms with E-state index in [-0.39, 0.29) is 4.84 Å². The Bertz CT molecular complexity index is 57.1. The van der Waals surface area contributed by atoms with Crippen LogP contribution >= 0.6 is 23.2 Å². The summed E-state index contributed by atoms with van der Waals surface area (Å²) >= 11 is 10.1. The Morgan fingerprint density at radius 1 is 1.38 bits per heavy atom. The third-order valence-electron chi connectivity index (χ3n) is 0.722. The van der Waals surface area contributed by atoms with Gasteiger partial charge in [0.1, 0.15) is 0 Å². The van der Waals surface area contributed by atoms with Crippen molar-refractivity contribution in [3.05, 3.63) is 4.84 Å². The lowest BCUT2D eigenvalue weighted by atomic mass is 10.2. The summed E-state index contributed by atoms with van der Waals surface area (Å²) in [5.41, 5.74) is 0. The minimum atomic E-state index is -2.46. The maximum Gasteiger partial charge on any atom is 0.244 e. The molecule has 0 N–H and O–H groups in total. The van der Waals surface area contributed by atoms with Gasteiger partial charge in [-0.3, -0.25) is 0 Å². The maximum atomic E-state index is 11.5. The first-order valence-electron chi connectivity index (χ1n) is 2.01. The lowest BCUT2D eigenvalue weighted by molar-refractivity contribution is 0.103. The summed E-state index contributed by atoms with van der Waals surface area (Å²) in [6.45, 7) is 1.26. The Balaban J connectivity index is 3.46. The molecule has 0 rings (SSSR count). The lowest BCUT2D eigenvalue weighted by Crippen LogP contribution is -2.08. The van der Waals surface area contributed by atoms with Crippen molar-refractivity contribution in [1.29, 1.82) is 0 Å². The van der Waals surface area contributed by atoms with Gasteiger partial charge in [0, 0.05) is 0 Å². The SMILES string of the molecule is CC([C](Cl)Cl)C(F)F. The molecular formula is C4H5Cl2F2. The van der Waals surface area contributed by atoms with Gasteiger partial charge in [0.2, 0.25) is 6.43 Å². The van der Waals surface area contributed by atoms with Gasteiger partial charge >= 0.3 is 0 Å². The summed E-state index contributed by atoms with van der Waals surface area (Å²) in [5, 5.41) is 0. The minimum absolute atomic E-state index is 0.264. The highest BCUT2D eigenvalue weighted by Crippen LogP contribution is 2.27. The van der Waals surface area contributed by atoms with Crippen LogP contribution in [0, 0.1) is 10.8 Å². The van der Waals surface area contributed by atoms with Crippen LogP contribution in [0.5, 0.6) is 0 Å². The first-order chi connectivity index (χ1) is 3.55. The van der Waals surface area contributed by atoms with Crippen molar-refractivity contribution in [3.63, 3.8) is 0 Å². The van der Waals surface area contributed by atoms with Crippen molar-refractivity contribution in [2.24, 2.45) is 5.92 Å². The average Bonchev–Trinajstić information content (AvgIpc) is 1.64. The highest BCUT2D eigenvalue weighted by molar-refractivity contribution is 6.52. The normalized spacial score (nSPS) is 15.4. The molecule has 0 saturated carbocycles. The van der Waals surface area contributed by atoms with Gasteiger partial charge in [0.15, 0.2) is 4.84 Å². The van der Waals surface area contributed by atoms with Crippen LogP contribution in [0.1, 0.15) is 6.92 Å². The first kappa shape index (κ1) is 8.44. The zero-order valence-electron chi connectivity index (χ0n) is 4.17. The molecule has 0 nitrogen and oxygen atoms in total. The molecule has 0 aromatic rings. The molecule has 0 heterocycles. The largest absolute Gasteiger partial charge is 0.244 e. The standard InChI is InChI=1S/C4H5Cl2F2/c1-2(3(5)6)4(7)8/h2,4H,1H3. The second kappa shape index (κ2) is 3.46. The fraction of sp³-hybridized carbons (Fsp3) is 0.750. The van der Waals surface area contributed by atoms with Crippen LogP contribution in [-0.2, 0) is 0 Å². The van der Waals surface area contributed by atoms with E-state index in [2.05, 4.69) is 0 Å². The number of rotatable bonds is 2. The van der Waals surface area contributed by atoms with Crippen LogP contribution in [0.15, 0.2) is 0 Å². The van der Waals surface area contributed by atoms with E-state index in [4.69, 9.17) is 23.2 Å². The Morgan fingerprint density at radius 3 is 1.75 bits per heavy atom. The van der Waals surface area contributed by atoms with Gasteiger partial charge in [0.25, 0.3) is 0 Å². The van der Waals surface area contributed by atoms with Crippen LogP contribution in [-0.4, -0.2) is 6.43 Å². The van der Waals surface area contributed by atoms with Crippen molar-refractivity contribution in [2.45, 2.75) is 13.3 Å². The summed E-state index contributed by atoms with van der Waals surface area (Å²) < 4.78 is 23.0. The third kappa shape index (κ3) is 2.68. The Labute approximate surface area is 56.8 Å². The molecule has 0 aliphatic rings. The number of alkyl halides is 2. The highest BCUT2D eigenvalue weighted by atomic mass is 35.5. The molecule has 0 aromatic heterocycles. The molecule has 1 atom stereocenters. The molecule has 0 aliphatic carbocycles. The fourth-order valence-corrected chi connectivity index (χ4v) is 0.286. The Kier molecular flexibility index (Phi) is 3.65. The van der Waals surface area contributed by atoms with E-state index < -0.39 is 12.3 Å². The van der Waals surface area contributed by atoms with Crippen molar-refractivity contribution in [2.75, 3.05) is 0 Å². The Hall–Kier alpha value is 0.440. The molecule has 0 fully saturated rings. The van der Waals surface area contributed by atoms with Crippen LogP contribution in [0.3, 0.4) is 0 Å². The Morgan fingerprint density at radius 2 is 1.75 bits per heavy atom. The lowest BCUT2D eigenvalue weighted by Gasteiger charge is -2.07. The smallest absolute Gasteiger partial charge is 0.210 e. The van der Waals surface area contributed by atoms with Crippen molar-refractivity contribution in [3.8, 4) is 0 Å². The summed E-state index contributed by atoms with van der Waals surface area (Å²) in [7, 11) is 0. The molecule has 0 aliphatic heterocycles. The van der Waals surface area contributed by atoms with E-state index >= 15 is 0 Å². The van der Waals surface area contributed by atoms with Gasteiger partial charge in [0.05, 0.1) is 5.92 Å². The molecular weight excluding hydrogens is 157 g/mol. The van der Waals surface area contributed by atoms with E-state index in [1.165, 1.54) is 6.92 Å². The molecule has 1 unspecified atom stereocenters. The van der Waals surface area contributed by atoms with Gasteiger partial charge in [-0.15, -0.1) is 0 Å². The number of hydrogen-bond acceptors (Lipinski definition) is 0. The molecule has 0 spiro atoms. The molecule has 8 heavy (non-hydrogen) atoms. The molecule has 1 radical (unpaired) electrons. The van der Waals surface area contributed by atoms with E-state index in [1.807, 2.05) is 0 Å². The summed E-state index contributed by atoms with van der Waals surface area (Å²) in [5.74, 6) is -1.02. The molecule has 0 amide bonds. The highest BCUT2D eigenvalue weighted by Gasteiger charge is 2.22. The van der Waals surface area contributed by atoms with E-state index in [0.717, 1.165) is 0 Å². The molecule has 0 aromatic carbocycles. The van der Waals surface area contributed by atoms with E-state index in [1.54, 1.807) is 0 Å². The van der Waals surface area contributed by atoms with Crippen LogP contribution in [0.25, 0.3) is 0 Å². The molecule has 49 valence electrons. The third-order valence-corrected chi connectivity index (χ3v) is 1.41. The number of hydrogen-bond donors (Lipinski definition) is 0. The topological polar surface area (TPSA) is 0 Å². The van der Waals surface area contributed by atoms with Gasteiger partial charge in [-0.2, -0.15) is 0 Å². The molecule has 0 bridgehead atoms. The minimum Gasteiger partial charge on any atom is -0.210 e. The van der Waals surface area contributed by atoms with Crippen molar-refractivity contribution >= 4 is 23.2 Å².